The summed E-state index contributed by atoms with van der Waals surface area (Å²) in [5.41, 5.74) is 2.57. The van der Waals surface area contributed by atoms with Crippen LogP contribution in [0, 0.1) is 5.82 Å². The van der Waals surface area contributed by atoms with Gasteiger partial charge in [0.05, 0.1) is 10.7 Å². The molecule has 3 aromatic rings. The summed E-state index contributed by atoms with van der Waals surface area (Å²) < 4.78 is 24.8. The van der Waals surface area contributed by atoms with Crippen LogP contribution in [0.15, 0.2) is 40.9 Å². The van der Waals surface area contributed by atoms with Crippen LogP contribution in [0.5, 0.6) is 5.75 Å². The van der Waals surface area contributed by atoms with E-state index in [1.165, 1.54) is 17.7 Å². The molecule has 2 aliphatic heterocycles. The van der Waals surface area contributed by atoms with Gasteiger partial charge in [0.1, 0.15) is 17.2 Å². The maximum absolute atomic E-state index is 13.3. The lowest BCUT2D eigenvalue weighted by Crippen LogP contribution is -2.47. The molecule has 146 valence electrons. The number of fused-ring (bicyclic) bond motifs is 2. The number of halogens is 2. The number of aromatic nitrogens is 1. The number of piperidine rings is 1. The van der Waals surface area contributed by atoms with Crippen molar-refractivity contribution in [3.63, 3.8) is 0 Å². The minimum Gasteiger partial charge on any atom is -0.485 e. The van der Waals surface area contributed by atoms with Gasteiger partial charge in [-0.15, -0.1) is 0 Å². The molecule has 1 saturated heterocycles. The van der Waals surface area contributed by atoms with Crippen molar-refractivity contribution in [3.05, 3.63) is 58.5 Å². The molecule has 0 atom stereocenters. The quantitative estimate of drug-likeness (QED) is 0.616. The van der Waals surface area contributed by atoms with Gasteiger partial charge in [0, 0.05) is 43.8 Å². The first-order chi connectivity index (χ1) is 13.6. The van der Waals surface area contributed by atoms with Gasteiger partial charge in [-0.25, -0.2) is 4.39 Å². The molecule has 2 aliphatic rings. The van der Waals surface area contributed by atoms with Gasteiger partial charge in [-0.1, -0.05) is 28.9 Å². The molecule has 0 amide bonds. The molecule has 2 aromatic carbocycles. The van der Waals surface area contributed by atoms with Crippen LogP contribution in [0.2, 0.25) is 5.02 Å². The number of nitrogens with zero attached hydrogens (tertiary/aromatic N) is 2. The highest BCUT2D eigenvalue weighted by atomic mass is 35.5. The fraction of sp³-hybridized carbons (Fsp3) is 0.409. The number of rotatable bonds is 4. The van der Waals surface area contributed by atoms with E-state index in [4.69, 9.17) is 20.9 Å². The van der Waals surface area contributed by atoms with Crippen LogP contribution in [0.1, 0.15) is 30.5 Å². The molecule has 0 bridgehead atoms. The van der Waals surface area contributed by atoms with E-state index < -0.39 is 0 Å². The maximum atomic E-state index is 13.3. The number of hydrogen-bond donors (Lipinski definition) is 0. The SMILES string of the molecule is Fc1ccc2c(CCCN3CCC4(CC3)Cc3cccc(Cl)c3O4)noc2c1. The number of para-hydroxylation sites is 1. The molecule has 5 rings (SSSR count). The molecule has 0 aliphatic carbocycles. The van der Waals surface area contributed by atoms with Crippen molar-refractivity contribution in [2.45, 2.75) is 37.7 Å². The van der Waals surface area contributed by atoms with Gasteiger partial charge in [0.25, 0.3) is 0 Å². The Kier molecular flexibility index (Phi) is 4.52. The van der Waals surface area contributed by atoms with Crippen LogP contribution in [0.25, 0.3) is 11.0 Å². The van der Waals surface area contributed by atoms with Gasteiger partial charge in [-0.3, -0.25) is 0 Å². The fourth-order valence-electron chi connectivity index (χ4n) is 4.48. The van der Waals surface area contributed by atoms with Gasteiger partial charge in [0.2, 0.25) is 0 Å². The molecular weight excluding hydrogens is 379 g/mol. The first-order valence-electron chi connectivity index (χ1n) is 9.85. The second kappa shape index (κ2) is 7.05. The second-order valence-electron chi connectivity index (χ2n) is 7.90. The molecule has 0 radical (unpaired) electrons. The summed E-state index contributed by atoms with van der Waals surface area (Å²) in [6, 6.07) is 10.6. The summed E-state index contributed by atoms with van der Waals surface area (Å²) in [4.78, 5) is 2.49. The third-order valence-electron chi connectivity index (χ3n) is 6.04. The zero-order chi connectivity index (χ0) is 19.1. The standard InChI is InChI=1S/C22H22ClFN2O2/c23-18-4-1-3-15-14-22(27-21(15)18)8-11-26(12-9-22)10-2-5-19-17-7-6-16(24)13-20(17)28-25-19/h1,3-4,6-7,13H,2,5,8-12,14H2. The van der Waals surface area contributed by atoms with Crippen LogP contribution in [-0.2, 0) is 12.8 Å². The monoisotopic (exact) mass is 400 g/mol. The topological polar surface area (TPSA) is 38.5 Å². The normalized spacial score (nSPS) is 18.5. The smallest absolute Gasteiger partial charge is 0.170 e. The van der Waals surface area contributed by atoms with Crippen molar-refractivity contribution in [3.8, 4) is 5.75 Å². The van der Waals surface area contributed by atoms with Crippen molar-refractivity contribution in [1.82, 2.24) is 10.1 Å². The predicted octanol–water partition coefficient (Wildman–Crippen LogP) is 5.02. The average molecular weight is 401 g/mol. The lowest BCUT2D eigenvalue weighted by Gasteiger charge is -2.38. The molecule has 3 heterocycles. The maximum Gasteiger partial charge on any atom is 0.170 e. The second-order valence-corrected chi connectivity index (χ2v) is 8.31. The summed E-state index contributed by atoms with van der Waals surface area (Å²) in [5.74, 6) is 0.585. The molecule has 0 N–H and O–H groups in total. The highest BCUT2D eigenvalue weighted by Gasteiger charge is 2.42. The third-order valence-corrected chi connectivity index (χ3v) is 6.34. The minimum absolute atomic E-state index is 0.0871. The first kappa shape index (κ1) is 18.0. The Hall–Kier alpha value is -2.11. The van der Waals surface area contributed by atoms with Gasteiger partial charge < -0.3 is 14.2 Å². The summed E-state index contributed by atoms with van der Waals surface area (Å²) in [6.07, 6.45) is 4.82. The Morgan fingerprint density at radius 1 is 1.18 bits per heavy atom. The zero-order valence-electron chi connectivity index (χ0n) is 15.6. The number of hydrogen-bond acceptors (Lipinski definition) is 4. The summed E-state index contributed by atoms with van der Waals surface area (Å²) in [7, 11) is 0. The Labute approximate surface area is 168 Å². The zero-order valence-corrected chi connectivity index (χ0v) is 16.3. The van der Waals surface area contributed by atoms with Crippen molar-refractivity contribution in [1.29, 1.82) is 0 Å². The highest BCUT2D eigenvalue weighted by Crippen LogP contribution is 2.44. The van der Waals surface area contributed by atoms with Gasteiger partial charge in [0.15, 0.2) is 5.58 Å². The van der Waals surface area contributed by atoms with Crippen LogP contribution in [0.4, 0.5) is 4.39 Å². The number of likely N-dealkylation sites (tertiary alicyclic amines) is 1. The van der Waals surface area contributed by atoms with Crippen LogP contribution in [-0.4, -0.2) is 35.3 Å². The van der Waals surface area contributed by atoms with E-state index in [-0.39, 0.29) is 11.4 Å². The Morgan fingerprint density at radius 2 is 2.04 bits per heavy atom. The highest BCUT2D eigenvalue weighted by molar-refractivity contribution is 6.32. The Morgan fingerprint density at radius 3 is 2.86 bits per heavy atom. The molecule has 1 spiro atoms. The Bertz CT molecular complexity index is 1010. The van der Waals surface area contributed by atoms with Crippen LogP contribution >= 0.6 is 11.6 Å². The molecule has 4 nitrogen and oxygen atoms in total. The number of benzene rings is 2. The molecule has 1 aromatic heterocycles. The van der Waals surface area contributed by atoms with Crippen molar-refractivity contribution >= 4 is 22.6 Å². The van der Waals surface area contributed by atoms with E-state index in [2.05, 4.69) is 16.1 Å². The van der Waals surface area contributed by atoms with E-state index in [0.29, 0.717) is 5.58 Å². The lowest BCUT2D eigenvalue weighted by molar-refractivity contribution is 0.0192. The Balaban J connectivity index is 1.15. The summed E-state index contributed by atoms with van der Waals surface area (Å²) in [5, 5.41) is 5.74. The van der Waals surface area contributed by atoms with E-state index in [1.807, 2.05) is 12.1 Å². The van der Waals surface area contributed by atoms with Crippen LogP contribution < -0.4 is 4.74 Å². The van der Waals surface area contributed by atoms with Crippen molar-refractivity contribution in [2.24, 2.45) is 0 Å². The molecule has 1 fully saturated rings. The fourth-order valence-corrected chi connectivity index (χ4v) is 4.72. The molecule has 0 unspecified atom stereocenters. The third kappa shape index (κ3) is 3.27. The van der Waals surface area contributed by atoms with E-state index in [1.54, 1.807) is 6.07 Å². The summed E-state index contributed by atoms with van der Waals surface area (Å²) in [6.45, 7) is 3.06. The average Bonchev–Trinajstić information content (AvgIpc) is 3.25. The van der Waals surface area contributed by atoms with Gasteiger partial charge in [-0.05, 0) is 43.1 Å². The minimum atomic E-state index is -0.296. The van der Waals surface area contributed by atoms with Crippen molar-refractivity contribution < 1.29 is 13.7 Å². The van der Waals surface area contributed by atoms with E-state index >= 15 is 0 Å². The molecule has 0 saturated carbocycles. The van der Waals surface area contributed by atoms with Crippen molar-refractivity contribution in [2.75, 3.05) is 19.6 Å². The molecular formula is C22H22ClFN2O2. The summed E-state index contributed by atoms with van der Waals surface area (Å²) >= 11 is 6.30. The van der Waals surface area contributed by atoms with E-state index in [9.17, 15) is 4.39 Å². The van der Waals surface area contributed by atoms with Gasteiger partial charge >= 0.3 is 0 Å². The molecule has 6 heteroatoms. The van der Waals surface area contributed by atoms with Gasteiger partial charge in [-0.2, -0.15) is 0 Å². The number of aryl methyl sites for hydroxylation is 1. The predicted molar refractivity (Wildman–Crippen MR) is 106 cm³/mol. The number of ether oxygens (including phenoxy) is 1. The largest absolute Gasteiger partial charge is 0.485 e. The molecule has 28 heavy (non-hydrogen) atoms. The van der Waals surface area contributed by atoms with E-state index in [0.717, 1.165) is 73.6 Å². The van der Waals surface area contributed by atoms with Crippen LogP contribution in [0.3, 0.4) is 0 Å². The first-order valence-corrected chi connectivity index (χ1v) is 10.2. The lowest BCUT2D eigenvalue weighted by atomic mass is 9.87.